The number of nitrogens with one attached hydrogen (secondary N) is 1. The standard InChI is InChI=1S/C20H23BrN4O2S/c1-12(2)9-25-18(27)15-8-14(21)6-7-16(15)23-19(25)28-10-17(26)24-20(3,11-22)13-4-5-13/h6-8,12-13H,4-5,9-10H2,1-3H3,(H,24,26). The van der Waals surface area contributed by atoms with Gasteiger partial charge < -0.3 is 5.32 Å². The van der Waals surface area contributed by atoms with Crippen molar-refractivity contribution in [2.75, 3.05) is 5.75 Å². The average molecular weight is 463 g/mol. The molecule has 1 atom stereocenters. The average Bonchev–Trinajstić information content (AvgIpc) is 3.48. The summed E-state index contributed by atoms with van der Waals surface area (Å²) in [5, 5.41) is 13.3. The van der Waals surface area contributed by atoms with Gasteiger partial charge >= 0.3 is 0 Å². The summed E-state index contributed by atoms with van der Waals surface area (Å²) in [4.78, 5) is 30.1. The fourth-order valence-electron chi connectivity index (χ4n) is 3.15. The minimum absolute atomic E-state index is 0.108. The van der Waals surface area contributed by atoms with Crippen LogP contribution in [0, 0.1) is 23.2 Å². The van der Waals surface area contributed by atoms with Gasteiger partial charge in [-0.1, -0.05) is 41.5 Å². The predicted molar refractivity (Wildman–Crippen MR) is 114 cm³/mol. The van der Waals surface area contributed by atoms with Crippen LogP contribution in [0.25, 0.3) is 10.9 Å². The molecule has 28 heavy (non-hydrogen) atoms. The lowest BCUT2D eigenvalue weighted by molar-refractivity contribution is -0.119. The molecule has 1 fully saturated rings. The van der Waals surface area contributed by atoms with Crippen molar-refractivity contribution in [2.24, 2.45) is 11.8 Å². The molecule has 0 aliphatic heterocycles. The van der Waals surface area contributed by atoms with E-state index in [4.69, 9.17) is 0 Å². The van der Waals surface area contributed by atoms with Crippen LogP contribution in [0.5, 0.6) is 0 Å². The second-order valence-corrected chi connectivity index (χ2v) is 9.65. The molecule has 1 amide bonds. The summed E-state index contributed by atoms with van der Waals surface area (Å²) < 4.78 is 2.47. The molecule has 0 bridgehead atoms. The summed E-state index contributed by atoms with van der Waals surface area (Å²) >= 11 is 4.63. The van der Waals surface area contributed by atoms with E-state index in [1.165, 1.54) is 11.8 Å². The van der Waals surface area contributed by atoms with Gasteiger partial charge in [0.1, 0.15) is 5.54 Å². The zero-order valence-electron chi connectivity index (χ0n) is 16.2. The number of nitriles is 1. The monoisotopic (exact) mass is 462 g/mol. The third-order valence-corrected chi connectivity index (χ3v) is 6.26. The fraction of sp³-hybridized carbons (Fsp3) is 0.500. The van der Waals surface area contributed by atoms with Gasteiger partial charge in [-0.15, -0.1) is 0 Å². The number of amides is 1. The number of carbonyl (C=O) groups is 1. The number of benzene rings is 1. The zero-order valence-corrected chi connectivity index (χ0v) is 18.6. The molecular weight excluding hydrogens is 440 g/mol. The third kappa shape index (κ3) is 4.58. The van der Waals surface area contributed by atoms with Gasteiger partial charge in [0, 0.05) is 11.0 Å². The molecule has 1 N–H and O–H groups in total. The fourth-order valence-corrected chi connectivity index (χ4v) is 4.32. The summed E-state index contributed by atoms with van der Waals surface area (Å²) in [5.41, 5.74) is -0.322. The highest BCUT2D eigenvalue weighted by molar-refractivity contribution is 9.10. The first-order valence-electron chi connectivity index (χ1n) is 9.28. The lowest BCUT2D eigenvalue weighted by atomic mass is 9.98. The Balaban J connectivity index is 1.85. The largest absolute Gasteiger partial charge is 0.337 e. The lowest BCUT2D eigenvalue weighted by Gasteiger charge is -2.22. The van der Waals surface area contributed by atoms with Crippen molar-refractivity contribution in [1.29, 1.82) is 5.26 Å². The van der Waals surface area contributed by atoms with Crippen LogP contribution < -0.4 is 10.9 Å². The van der Waals surface area contributed by atoms with Crippen molar-refractivity contribution in [3.63, 3.8) is 0 Å². The minimum Gasteiger partial charge on any atom is -0.337 e. The van der Waals surface area contributed by atoms with E-state index < -0.39 is 5.54 Å². The second-order valence-electron chi connectivity index (χ2n) is 7.79. The van der Waals surface area contributed by atoms with Crippen LogP contribution >= 0.6 is 27.7 Å². The third-order valence-electron chi connectivity index (χ3n) is 4.79. The molecule has 1 aromatic heterocycles. The molecule has 1 aliphatic carbocycles. The van der Waals surface area contributed by atoms with Gasteiger partial charge in [0.25, 0.3) is 5.56 Å². The summed E-state index contributed by atoms with van der Waals surface area (Å²) in [6, 6.07) is 7.64. The number of halogens is 1. The smallest absolute Gasteiger partial charge is 0.262 e. The second kappa shape index (κ2) is 8.26. The number of hydrogen-bond acceptors (Lipinski definition) is 5. The van der Waals surface area contributed by atoms with Crippen LogP contribution in [0.15, 0.2) is 32.6 Å². The maximum absolute atomic E-state index is 13.0. The molecule has 1 aliphatic rings. The zero-order chi connectivity index (χ0) is 20.5. The molecule has 3 rings (SSSR count). The van der Waals surface area contributed by atoms with E-state index in [-0.39, 0.29) is 29.1 Å². The SMILES string of the molecule is CC(C)Cn1c(SCC(=O)NC(C)(C#N)C2CC2)nc2ccc(Br)cc2c1=O. The first-order valence-corrected chi connectivity index (χ1v) is 11.1. The van der Waals surface area contributed by atoms with Gasteiger partial charge in [-0.05, 0) is 49.8 Å². The van der Waals surface area contributed by atoms with E-state index >= 15 is 0 Å². The maximum Gasteiger partial charge on any atom is 0.262 e. The summed E-state index contributed by atoms with van der Waals surface area (Å²) in [6.45, 7) is 6.36. The number of thioether (sulfide) groups is 1. The van der Waals surface area contributed by atoms with Crippen LogP contribution in [0.2, 0.25) is 0 Å². The molecule has 0 spiro atoms. The molecule has 1 saturated carbocycles. The maximum atomic E-state index is 13.0. The van der Waals surface area contributed by atoms with E-state index in [9.17, 15) is 14.9 Å². The van der Waals surface area contributed by atoms with Crippen molar-refractivity contribution < 1.29 is 4.79 Å². The number of carbonyl (C=O) groups excluding carboxylic acids is 1. The van der Waals surface area contributed by atoms with E-state index in [0.29, 0.717) is 22.6 Å². The van der Waals surface area contributed by atoms with Crippen LogP contribution in [-0.2, 0) is 11.3 Å². The van der Waals surface area contributed by atoms with Crippen molar-refractivity contribution in [2.45, 2.75) is 50.9 Å². The van der Waals surface area contributed by atoms with E-state index in [1.807, 2.05) is 19.9 Å². The van der Waals surface area contributed by atoms with Crippen molar-refractivity contribution in [3.05, 3.63) is 33.0 Å². The van der Waals surface area contributed by atoms with Crippen LogP contribution in [0.3, 0.4) is 0 Å². The molecule has 6 nitrogen and oxygen atoms in total. The number of nitrogens with zero attached hydrogens (tertiary/aromatic N) is 3. The van der Waals surface area contributed by atoms with Crippen LogP contribution in [0.4, 0.5) is 0 Å². The van der Waals surface area contributed by atoms with Gasteiger partial charge in [-0.25, -0.2) is 4.98 Å². The lowest BCUT2D eigenvalue weighted by Crippen LogP contribution is -2.47. The highest BCUT2D eigenvalue weighted by Gasteiger charge is 2.42. The summed E-state index contributed by atoms with van der Waals surface area (Å²) in [7, 11) is 0. The van der Waals surface area contributed by atoms with Gasteiger partial charge in [-0.3, -0.25) is 14.2 Å². The van der Waals surface area contributed by atoms with Crippen molar-refractivity contribution in [1.82, 2.24) is 14.9 Å². The Morgan fingerprint density at radius 3 is 2.82 bits per heavy atom. The molecule has 1 heterocycles. The highest BCUT2D eigenvalue weighted by atomic mass is 79.9. The Morgan fingerprint density at radius 1 is 1.50 bits per heavy atom. The number of rotatable bonds is 7. The van der Waals surface area contributed by atoms with Crippen LogP contribution in [-0.4, -0.2) is 26.8 Å². The first kappa shape index (κ1) is 20.9. The summed E-state index contributed by atoms with van der Waals surface area (Å²) in [6.07, 6.45) is 1.93. The molecule has 8 heteroatoms. The highest BCUT2D eigenvalue weighted by Crippen LogP contribution is 2.39. The molecule has 0 saturated heterocycles. The Bertz CT molecular complexity index is 1010. The predicted octanol–water partition coefficient (Wildman–Crippen LogP) is 3.72. The molecular formula is C20H23BrN4O2S. The van der Waals surface area contributed by atoms with E-state index in [2.05, 4.69) is 32.3 Å². The number of hydrogen-bond donors (Lipinski definition) is 1. The van der Waals surface area contributed by atoms with Crippen molar-refractivity contribution in [3.8, 4) is 6.07 Å². The minimum atomic E-state index is -0.821. The Morgan fingerprint density at radius 2 is 2.21 bits per heavy atom. The Labute approximate surface area is 176 Å². The van der Waals surface area contributed by atoms with Crippen molar-refractivity contribution >= 4 is 44.5 Å². The molecule has 0 radical (unpaired) electrons. The number of aromatic nitrogens is 2. The molecule has 1 unspecified atom stereocenters. The van der Waals surface area contributed by atoms with Crippen LogP contribution in [0.1, 0.15) is 33.6 Å². The molecule has 2 aromatic rings. The molecule has 148 valence electrons. The van der Waals surface area contributed by atoms with E-state index in [0.717, 1.165) is 17.3 Å². The Kier molecular flexibility index (Phi) is 6.15. The topological polar surface area (TPSA) is 87.8 Å². The van der Waals surface area contributed by atoms with Gasteiger partial charge in [0.15, 0.2) is 5.16 Å². The summed E-state index contributed by atoms with van der Waals surface area (Å²) in [5.74, 6) is 0.371. The first-order chi connectivity index (χ1) is 13.2. The van der Waals surface area contributed by atoms with Gasteiger partial charge in [0.05, 0.1) is 22.7 Å². The Hall–Kier alpha value is -1.85. The quantitative estimate of drug-likeness (QED) is 0.500. The normalized spacial score (nSPS) is 16.0. The number of fused-ring (bicyclic) bond motifs is 1. The van der Waals surface area contributed by atoms with Gasteiger partial charge in [-0.2, -0.15) is 5.26 Å². The molecule has 1 aromatic carbocycles. The van der Waals surface area contributed by atoms with Gasteiger partial charge in [0.2, 0.25) is 5.91 Å². The van der Waals surface area contributed by atoms with E-state index in [1.54, 1.807) is 23.6 Å².